The van der Waals surface area contributed by atoms with Gasteiger partial charge in [-0.2, -0.15) is 8.70 Å². The Bertz CT molecular complexity index is 681. The minimum absolute atomic E-state index is 0. The van der Waals surface area contributed by atoms with Gasteiger partial charge in [0.1, 0.15) is 0 Å². The third-order valence-corrected chi connectivity index (χ3v) is 5.86. The number of hydrogen-bond acceptors (Lipinski definition) is 5. The van der Waals surface area contributed by atoms with Gasteiger partial charge in [-0.3, -0.25) is 10.1 Å². The van der Waals surface area contributed by atoms with Crippen LogP contribution in [0.2, 0.25) is 0 Å². The summed E-state index contributed by atoms with van der Waals surface area (Å²) in [4.78, 5) is 9.57. The summed E-state index contributed by atoms with van der Waals surface area (Å²) in [6, 6.07) is 2.94. The fourth-order valence-electron chi connectivity index (χ4n) is 2.82. The normalized spacial score (nSPS) is 16.0. The molecule has 0 unspecified atom stereocenters. The van der Waals surface area contributed by atoms with Crippen molar-refractivity contribution in [2.45, 2.75) is 37.1 Å². The molecule has 0 amide bonds. The lowest BCUT2D eigenvalue weighted by molar-refractivity contribution is -0.390. The van der Waals surface area contributed by atoms with Gasteiger partial charge in [-0.1, -0.05) is 13.0 Å². The smallest absolute Gasteiger partial charge is 0.317 e. The molecule has 0 spiro atoms. The Morgan fingerprint density at radius 2 is 2.00 bits per heavy atom. The summed E-state index contributed by atoms with van der Waals surface area (Å²) in [5.74, 6) is -1.14. The molecular formula is C14H21ClFN3O4S. The Kier molecular flexibility index (Phi) is 7.53. The molecule has 0 saturated carbocycles. The van der Waals surface area contributed by atoms with Crippen molar-refractivity contribution in [3.05, 3.63) is 34.1 Å². The Morgan fingerprint density at radius 1 is 1.38 bits per heavy atom. The minimum Gasteiger partial charge on any atom is -0.317 e. The van der Waals surface area contributed by atoms with Gasteiger partial charge in [-0.05, 0) is 44.5 Å². The molecule has 10 heteroatoms. The highest BCUT2D eigenvalue weighted by atomic mass is 35.5. The largest absolute Gasteiger partial charge is 0.324 e. The second-order valence-corrected chi connectivity index (χ2v) is 7.30. The van der Waals surface area contributed by atoms with E-state index in [-0.39, 0.29) is 25.0 Å². The third-order valence-electron chi connectivity index (χ3n) is 3.88. The van der Waals surface area contributed by atoms with E-state index < -0.39 is 31.3 Å². The molecule has 1 N–H and O–H groups in total. The van der Waals surface area contributed by atoms with E-state index in [1.54, 1.807) is 0 Å². The number of nitrogens with one attached hydrogen (secondary N) is 1. The standard InChI is InChI=1S/C14H20FN3O4S.ClH/c1-2-10-17(11-6-8-16-9-7-11)23(21,22)13-5-3-4-12(15)14(13)18(19)20;/h3-5,11,16H,2,6-10H2,1H3;1H. The van der Waals surface area contributed by atoms with E-state index in [2.05, 4.69) is 5.32 Å². The molecule has 1 saturated heterocycles. The molecule has 0 atom stereocenters. The lowest BCUT2D eigenvalue weighted by Crippen LogP contribution is -2.46. The van der Waals surface area contributed by atoms with E-state index in [1.165, 1.54) is 10.4 Å². The molecule has 1 aliphatic heterocycles. The first kappa shape index (κ1) is 20.8. The number of piperidine rings is 1. The molecule has 1 aliphatic rings. The zero-order valence-corrected chi connectivity index (χ0v) is 14.9. The summed E-state index contributed by atoms with van der Waals surface area (Å²) >= 11 is 0. The lowest BCUT2D eigenvalue weighted by Gasteiger charge is -2.33. The number of nitro groups is 1. The van der Waals surface area contributed by atoms with Gasteiger partial charge >= 0.3 is 5.69 Å². The second-order valence-electron chi connectivity index (χ2n) is 5.44. The predicted octanol–water partition coefficient (Wildman–Crippen LogP) is 2.31. The molecule has 0 aromatic heterocycles. The van der Waals surface area contributed by atoms with Gasteiger partial charge in [0.15, 0.2) is 4.90 Å². The van der Waals surface area contributed by atoms with Gasteiger partial charge in [0.2, 0.25) is 15.8 Å². The van der Waals surface area contributed by atoms with Gasteiger partial charge in [-0.25, -0.2) is 8.42 Å². The Labute approximate surface area is 146 Å². The summed E-state index contributed by atoms with van der Waals surface area (Å²) in [6.45, 7) is 3.46. The third kappa shape index (κ3) is 4.21. The van der Waals surface area contributed by atoms with Crippen molar-refractivity contribution in [2.24, 2.45) is 0 Å². The first-order chi connectivity index (χ1) is 10.9. The SMILES string of the molecule is CCCN(C1CCNCC1)S(=O)(=O)c1cccc(F)c1[N+](=O)[O-].Cl. The van der Waals surface area contributed by atoms with Crippen LogP contribution < -0.4 is 5.32 Å². The van der Waals surface area contributed by atoms with Crippen LogP contribution in [0.1, 0.15) is 26.2 Å². The summed E-state index contributed by atoms with van der Waals surface area (Å²) < 4.78 is 40.9. The Hall–Kier alpha value is -1.29. The van der Waals surface area contributed by atoms with Crippen LogP contribution in [-0.4, -0.2) is 43.3 Å². The highest BCUT2D eigenvalue weighted by Crippen LogP contribution is 2.31. The van der Waals surface area contributed by atoms with Crippen LogP contribution in [0.5, 0.6) is 0 Å². The monoisotopic (exact) mass is 381 g/mol. The number of nitrogens with zero attached hydrogens (tertiary/aromatic N) is 2. The first-order valence-corrected chi connectivity index (χ1v) is 8.99. The number of halogens is 2. The van der Waals surface area contributed by atoms with Crippen molar-refractivity contribution < 1.29 is 17.7 Å². The average molecular weight is 382 g/mol. The van der Waals surface area contributed by atoms with Gasteiger partial charge in [0, 0.05) is 12.6 Å². The molecule has 24 heavy (non-hydrogen) atoms. The van der Waals surface area contributed by atoms with Crippen LogP contribution in [-0.2, 0) is 10.0 Å². The van der Waals surface area contributed by atoms with Crippen molar-refractivity contribution in [1.82, 2.24) is 9.62 Å². The second kappa shape index (κ2) is 8.70. The fraction of sp³-hybridized carbons (Fsp3) is 0.571. The van der Waals surface area contributed by atoms with Crippen LogP contribution in [0.3, 0.4) is 0 Å². The van der Waals surface area contributed by atoms with Gasteiger partial charge < -0.3 is 5.32 Å². The highest BCUT2D eigenvalue weighted by Gasteiger charge is 2.37. The van der Waals surface area contributed by atoms with Gasteiger partial charge in [0.25, 0.3) is 0 Å². The van der Waals surface area contributed by atoms with Crippen molar-refractivity contribution >= 4 is 28.1 Å². The molecule has 1 aromatic rings. The van der Waals surface area contributed by atoms with E-state index in [9.17, 15) is 22.9 Å². The van der Waals surface area contributed by atoms with Crippen molar-refractivity contribution in [2.75, 3.05) is 19.6 Å². The molecule has 1 fully saturated rings. The van der Waals surface area contributed by atoms with E-state index in [0.717, 1.165) is 12.1 Å². The van der Waals surface area contributed by atoms with Gasteiger partial charge in [-0.15, -0.1) is 12.4 Å². The van der Waals surface area contributed by atoms with E-state index in [4.69, 9.17) is 0 Å². The van der Waals surface area contributed by atoms with E-state index in [1.807, 2.05) is 6.92 Å². The maximum atomic E-state index is 13.8. The fourth-order valence-corrected chi connectivity index (χ4v) is 4.77. The molecule has 136 valence electrons. The Balaban J connectivity index is 0.00000288. The summed E-state index contributed by atoms with van der Waals surface area (Å²) in [6.07, 6.45) is 1.83. The molecule has 0 radical (unpaired) electrons. The van der Waals surface area contributed by atoms with E-state index in [0.29, 0.717) is 32.4 Å². The molecule has 7 nitrogen and oxygen atoms in total. The van der Waals surface area contributed by atoms with Crippen LogP contribution in [0.15, 0.2) is 23.1 Å². The van der Waals surface area contributed by atoms with Crippen molar-refractivity contribution in [3.8, 4) is 0 Å². The molecule has 1 heterocycles. The van der Waals surface area contributed by atoms with Crippen LogP contribution in [0, 0.1) is 15.9 Å². The zero-order chi connectivity index (χ0) is 17.0. The first-order valence-electron chi connectivity index (χ1n) is 7.55. The van der Waals surface area contributed by atoms with Gasteiger partial charge in [0.05, 0.1) is 4.92 Å². The molecular weight excluding hydrogens is 361 g/mol. The minimum atomic E-state index is -4.14. The van der Waals surface area contributed by atoms with Crippen molar-refractivity contribution in [1.29, 1.82) is 0 Å². The van der Waals surface area contributed by atoms with Crippen molar-refractivity contribution in [3.63, 3.8) is 0 Å². The number of para-hydroxylation sites is 1. The molecule has 0 aliphatic carbocycles. The number of benzene rings is 1. The zero-order valence-electron chi connectivity index (χ0n) is 13.3. The molecule has 0 bridgehead atoms. The quantitative estimate of drug-likeness (QED) is 0.603. The summed E-state index contributed by atoms with van der Waals surface area (Å²) in [5, 5.41) is 14.3. The van der Waals surface area contributed by atoms with E-state index >= 15 is 0 Å². The van der Waals surface area contributed by atoms with Crippen LogP contribution in [0.25, 0.3) is 0 Å². The molecule has 2 rings (SSSR count). The Morgan fingerprint density at radius 3 is 2.54 bits per heavy atom. The van der Waals surface area contributed by atoms with Crippen LogP contribution in [0.4, 0.5) is 10.1 Å². The lowest BCUT2D eigenvalue weighted by atomic mass is 10.1. The number of sulfonamides is 1. The molecule has 1 aromatic carbocycles. The predicted molar refractivity (Wildman–Crippen MR) is 90.4 cm³/mol. The number of hydrogen-bond donors (Lipinski definition) is 1. The maximum Gasteiger partial charge on any atom is 0.324 e. The highest BCUT2D eigenvalue weighted by molar-refractivity contribution is 7.89. The summed E-state index contributed by atoms with van der Waals surface area (Å²) in [7, 11) is -4.14. The van der Waals surface area contributed by atoms with Crippen LogP contribution >= 0.6 is 12.4 Å². The number of rotatable bonds is 6. The average Bonchev–Trinajstić information content (AvgIpc) is 2.52. The number of nitro benzene ring substituents is 1. The maximum absolute atomic E-state index is 13.8. The topological polar surface area (TPSA) is 92.6 Å². The summed E-state index contributed by atoms with van der Waals surface area (Å²) in [5.41, 5.74) is -0.984.